The van der Waals surface area contributed by atoms with Crippen LogP contribution in [0.25, 0.3) is 0 Å². The van der Waals surface area contributed by atoms with E-state index in [0.29, 0.717) is 6.61 Å². The van der Waals surface area contributed by atoms with Crippen molar-refractivity contribution in [2.24, 2.45) is 5.73 Å². The maximum atomic E-state index is 6.03. The number of aryl methyl sites for hydroxylation is 2. The summed E-state index contributed by atoms with van der Waals surface area (Å²) in [7, 11) is 0. The van der Waals surface area contributed by atoms with E-state index >= 15 is 0 Å². The fourth-order valence-corrected chi connectivity index (χ4v) is 2.23. The van der Waals surface area contributed by atoms with Crippen LogP contribution in [-0.2, 0) is 11.3 Å². The smallest absolute Gasteiger partial charge is 0.139 e. The van der Waals surface area contributed by atoms with E-state index in [0.717, 1.165) is 29.9 Å². The van der Waals surface area contributed by atoms with E-state index in [1.54, 1.807) is 0 Å². The van der Waals surface area contributed by atoms with Gasteiger partial charge >= 0.3 is 0 Å². The molecule has 1 aromatic heterocycles. The first-order valence-electron chi connectivity index (χ1n) is 5.97. The highest BCUT2D eigenvalue weighted by Crippen LogP contribution is 2.22. The molecule has 2 rings (SSSR count). The van der Waals surface area contributed by atoms with Gasteiger partial charge in [-0.1, -0.05) is 18.0 Å². The highest BCUT2D eigenvalue weighted by atomic mass is 16.5. The molecule has 1 aliphatic rings. The Morgan fingerprint density at radius 3 is 2.75 bits per heavy atom. The highest BCUT2D eigenvalue weighted by Gasteiger charge is 2.23. The van der Waals surface area contributed by atoms with Crippen molar-refractivity contribution in [1.29, 1.82) is 0 Å². The van der Waals surface area contributed by atoms with Crippen LogP contribution in [0.4, 0.5) is 0 Å². The van der Waals surface area contributed by atoms with Crippen LogP contribution in [0.3, 0.4) is 0 Å². The average Bonchev–Trinajstić information content (AvgIpc) is 2.58. The maximum Gasteiger partial charge on any atom is 0.139 e. The zero-order valence-electron chi connectivity index (χ0n) is 10.0. The molecule has 2 unspecified atom stereocenters. The molecule has 1 fully saturated rings. The third-order valence-corrected chi connectivity index (χ3v) is 3.38. The van der Waals surface area contributed by atoms with Crippen LogP contribution in [0.1, 0.15) is 42.7 Å². The molecule has 4 nitrogen and oxygen atoms in total. The molecule has 1 saturated carbocycles. The minimum absolute atomic E-state index is 0.189. The summed E-state index contributed by atoms with van der Waals surface area (Å²) in [6.45, 7) is 4.43. The van der Waals surface area contributed by atoms with Crippen LogP contribution in [-0.4, -0.2) is 17.3 Å². The summed E-state index contributed by atoms with van der Waals surface area (Å²) in [5.74, 6) is 0.849. The predicted molar refractivity (Wildman–Crippen MR) is 61.0 cm³/mol. The van der Waals surface area contributed by atoms with E-state index in [9.17, 15) is 0 Å². The van der Waals surface area contributed by atoms with Gasteiger partial charge in [0.25, 0.3) is 0 Å². The summed E-state index contributed by atoms with van der Waals surface area (Å²) in [5, 5.41) is 3.91. The minimum Gasteiger partial charge on any atom is -0.372 e. The Bertz CT molecular complexity index is 329. The van der Waals surface area contributed by atoms with Gasteiger partial charge in [0.2, 0.25) is 0 Å². The molecule has 1 aliphatic carbocycles. The fraction of sp³-hybridized carbons (Fsp3) is 0.750. The monoisotopic (exact) mass is 224 g/mol. The van der Waals surface area contributed by atoms with Crippen molar-refractivity contribution in [1.82, 2.24) is 5.16 Å². The Morgan fingerprint density at radius 2 is 2.12 bits per heavy atom. The van der Waals surface area contributed by atoms with Gasteiger partial charge in [-0.25, -0.2) is 0 Å². The zero-order chi connectivity index (χ0) is 11.5. The van der Waals surface area contributed by atoms with Gasteiger partial charge < -0.3 is 15.0 Å². The number of ether oxygens (including phenoxy) is 1. The van der Waals surface area contributed by atoms with Gasteiger partial charge in [0, 0.05) is 11.6 Å². The molecule has 1 aromatic rings. The van der Waals surface area contributed by atoms with Gasteiger partial charge in [0.15, 0.2) is 0 Å². The van der Waals surface area contributed by atoms with Crippen LogP contribution >= 0.6 is 0 Å². The first kappa shape index (κ1) is 11.6. The van der Waals surface area contributed by atoms with Gasteiger partial charge in [-0.3, -0.25) is 0 Å². The normalized spacial score (nSPS) is 25.9. The van der Waals surface area contributed by atoms with E-state index in [-0.39, 0.29) is 12.1 Å². The van der Waals surface area contributed by atoms with E-state index < -0.39 is 0 Å². The molecule has 0 aliphatic heterocycles. The van der Waals surface area contributed by atoms with Crippen molar-refractivity contribution >= 4 is 0 Å². The molecule has 0 radical (unpaired) electrons. The number of nitrogens with zero attached hydrogens (tertiary/aromatic N) is 1. The molecule has 2 N–H and O–H groups in total. The molecule has 1 heterocycles. The molecule has 0 amide bonds. The number of aromatic nitrogens is 1. The lowest BCUT2D eigenvalue weighted by molar-refractivity contribution is 0.00341. The van der Waals surface area contributed by atoms with E-state index in [2.05, 4.69) is 5.16 Å². The lowest BCUT2D eigenvalue weighted by Gasteiger charge is -2.28. The van der Waals surface area contributed by atoms with Crippen LogP contribution in [0.5, 0.6) is 0 Å². The first-order valence-corrected chi connectivity index (χ1v) is 5.97. The largest absolute Gasteiger partial charge is 0.372 e. The van der Waals surface area contributed by atoms with E-state index in [1.165, 1.54) is 12.8 Å². The zero-order valence-corrected chi connectivity index (χ0v) is 10.0. The second-order valence-corrected chi connectivity index (χ2v) is 4.60. The Morgan fingerprint density at radius 1 is 1.38 bits per heavy atom. The predicted octanol–water partition coefficient (Wildman–Crippen LogP) is 2.08. The van der Waals surface area contributed by atoms with Gasteiger partial charge in [-0.2, -0.15) is 0 Å². The third kappa shape index (κ3) is 2.44. The lowest BCUT2D eigenvalue weighted by Crippen LogP contribution is -2.39. The summed E-state index contributed by atoms with van der Waals surface area (Å²) >= 11 is 0. The van der Waals surface area contributed by atoms with Crippen molar-refractivity contribution in [3.05, 3.63) is 17.0 Å². The Labute approximate surface area is 96.1 Å². The molecule has 0 bridgehead atoms. The maximum absolute atomic E-state index is 6.03. The summed E-state index contributed by atoms with van der Waals surface area (Å²) in [4.78, 5) is 0. The summed E-state index contributed by atoms with van der Waals surface area (Å²) in [5.41, 5.74) is 8.02. The molecular formula is C12H20N2O2. The quantitative estimate of drug-likeness (QED) is 0.853. The number of nitrogens with two attached hydrogens (primary N) is 1. The molecule has 2 atom stereocenters. The lowest BCUT2D eigenvalue weighted by atomic mass is 9.93. The van der Waals surface area contributed by atoms with Gasteiger partial charge in [-0.05, 0) is 26.7 Å². The summed E-state index contributed by atoms with van der Waals surface area (Å²) in [6.07, 6.45) is 4.80. The number of hydrogen-bond donors (Lipinski definition) is 1. The van der Waals surface area contributed by atoms with E-state index in [4.69, 9.17) is 15.0 Å². The van der Waals surface area contributed by atoms with Crippen LogP contribution < -0.4 is 5.73 Å². The molecular weight excluding hydrogens is 204 g/mol. The molecule has 16 heavy (non-hydrogen) atoms. The Balaban J connectivity index is 1.91. The van der Waals surface area contributed by atoms with Crippen molar-refractivity contribution in [3.8, 4) is 0 Å². The van der Waals surface area contributed by atoms with E-state index in [1.807, 2.05) is 13.8 Å². The van der Waals surface area contributed by atoms with Crippen LogP contribution in [0.15, 0.2) is 4.52 Å². The number of rotatable bonds is 3. The summed E-state index contributed by atoms with van der Waals surface area (Å²) in [6, 6.07) is 0.189. The Kier molecular flexibility index (Phi) is 3.61. The van der Waals surface area contributed by atoms with Crippen molar-refractivity contribution in [3.63, 3.8) is 0 Å². The van der Waals surface area contributed by atoms with Crippen LogP contribution in [0.2, 0.25) is 0 Å². The van der Waals surface area contributed by atoms with Gasteiger partial charge in [0.05, 0.1) is 18.4 Å². The van der Waals surface area contributed by atoms with Gasteiger partial charge in [0.1, 0.15) is 5.76 Å². The second kappa shape index (κ2) is 4.97. The molecule has 4 heteroatoms. The highest BCUT2D eigenvalue weighted by molar-refractivity contribution is 5.19. The summed E-state index contributed by atoms with van der Waals surface area (Å²) < 4.78 is 11.0. The van der Waals surface area contributed by atoms with Crippen molar-refractivity contribution < 1.29 is 9.26 Å². The van der Waals surface area contributed by atoms with Crippen LogP contribution in [0, 0.1) is 13.8 Å². The van der Waals surface area contributed by atoms with Crippen molar-refractivity contribution in [2.45, 2.75) is 58.3 Å². The fourth-order valence-electron chi connectivity index (χ4n) is 2.23. The Hall–Kier alpha value is -0.870. The van der Waals surface area contributed by atoms with Gasteiger partial charge in [-0.15, -0.1) is 0 Å². The first-order chi connectivity index (χ1) is 7.68. The molecule has 0 aromatic carbocycles. The standard InChI is InChI=1S/C12H20N2O2/c1-8-10(9(2)16-14-8)7-15-12-6-4-3-5-11(12)13/h11-12H,3-7,13H2,1-2H3. The molecule has 90 valence electrons. The number of hydrogen-bond acceptors (Lipinski definition) is 4. The molecule has 0 saturated heterocycles. The SMILES string of the molecule is Cc1noc(C)c1COC1CCCCC1N. The second-order valence-electron chi connectivity index (χ2n) is 4.60. The molecule has 0 spiro atoms. The average molecular weight is 224 g/mol. The van der Waals surface area contributed by atoms with Crippen molar-refractivity contribution in [2.75, 3.05) is 0 Å². The minimum atomic E-state index is 0.189. The topological polar surface area (TPSA) is 61.3 Å². The third-order valence-electron chi connectivity index (χ3n) is 3.38.